The van der Waals surface area contributed by atoms with Gasteiger partial charge in [-0.25, -0.2) is 8.42 Å². The Labute approximate surface area is 164 Å². The van der Waals surface area contributed by atoms with Crippen LogP contribution in [0.25, 0.3) is 0 Å². The molecule has 6 heteroatoms. The summed E-state index contributed by atoms with van der Waals surface area (Å²) in [5.41, 5.74) is 4.36. The van der Waals surface area contributed by atoms with Crippen molar-refractivity contribution in [2.75, 3.05) is 16.2 Å². The predicted octanol–water partition coefficient (Wildman–Crippen LogP) is 4.70. The quantitative estimate of drug-likeness (QED) is 0.692. The van der Waals surface area contributed by atoms with Gasteiger partial charge in [-0.2, -0.15) is 0 Å². The van der Waals surface area contributed by atoms with E-state index in [9.17, 15) is 8.42 Å². The highest BCUT2D eigenvalue weighted by atomic mass is 35.5. The minimum absolute atomic E-state index is 0.184. The van der Waals surface area contributed by atoms with Gasteiger partial charge < -0.3 is 4.90 Å². The molecular weight excluding hydrogens is 380 g/mol. The highest BCUT2D eigenvalue weighted by Gasteiger charge is 2.17. The van der Waals surface area contributed by atoms with Crippen molar-refractivity contribution in [3.8, 4) is 0 Å². The molecule has 0 aliphatic carbocycles. The number of nitrogens with zero attached hydrogens (tertiary/aromatic N) is 1. The molecule has 4 nitrogen and oxygen atoms in total. The van der Waals surface area contributed by atoms with Crippen molar-refractivity contribution in [2.45, 2.75) is 17.9 Å². The lowest BCUT2D eigenvalue weighted by Gasteiger charge is -2.30. The first-order valence-corrected chi connectivity index (χ1v) is 10.6. The molecular formula is C21H19ClN2O2S. The second-order valence-electron chi connectivity index (χ2n) is 6.55. The van der Waals surface area contributed by atoms with E-state index in [1.54, 1.807) is 24.3 Å². The van der Waals surface area contributed by atoms with Crippen molar-refractivity contribution in [1.29, 1.82) is 0 Å². The van der Waals surface area contributed by atoms with Crippen molar-refractivity contribution in [3.63, 3.8) is 0 Å². The monoisotopic (exact) mass is 398 g/mol. The van der Waals surface area contributed by atoms with Crippen LogP contribution in [0.2, 0.25) is 5.02 Å². The Bertz CT molecular complexity index is 1050. The summed E-state index contributed by atoms with van der Waals surface area (Å²) >= 11 is 5.82. The summed E-state index contributed by atoms with van der Waals surface area (Å²) in [6.07, 6.45) is 1.02. The van der Waals surface area contributed by atoms with Gasteiger partial charge in [0.15, 0.2) is 0 Å². The number of hydrogen-bond acceptors (Lipinski definition) is 3. The van der Waals surface area contributed by atoms with Crippen LogP contribution in [0.5, 0.6) is 0 Å². The first kappa shape index (κ1) is 17.9. The van der Waals surface area contributed by atoms with Gasteiger partial charge in [0.2, 0.25) is 0 Å². The Morgan fingerprint density at radius 2 is 1.52 bits per heavy atom. The van der Waals surface area contributed by atoms with Crippen molar-refractivity contribution < 1.29 is 8.42 Å². The lowest BCUT2D eigenvalue weighted by molar-refractivity contribution is 0.601. The van der Waals surface area contributed by atoms with Crippen molar-refractivity contribution in [3.05, 3.63) is 88.9 Å². The second-order valence-corrected chi connectivity index (χ2v) is 8.67. The summed E-state index contributed by atoms with van der Waals surface area (Å²) in [5, 5.41) is 0.501. The fourth-order valence-corrected chi connectivity index (χ4v) is 4.47. The van der Waals surface area contributed by atoms with Crippen molar-refractivity contribution >= 4 is 33.0 Å². The van der Waals surface area contributed by atoms with E-state index in [0.29, 0.717) is 10.7 Å². The van der Waals surface area contributed by atoms with E-state index in [2.05, 4.69) is 33.9 Å². The molecule has 1 aliphatic heterocycles. The molecule has 0 spiro atoms. The number of halogens is 1. The zero-order chi connectivity index (χ0) is 18.9. The maximum absolute atomic E-state index is 12.5. The molecule has 0 saturated carbocycles. The topological polar surface area (TPSA) is 49.4 Å². The van der Waals surface area contributed by atoms with Crippen molar-refractivity contribution in [1.82, 2.24) is 0 Å². The first-order chi connectivity index (χ1) is 13.0. The van der Waals surface area contributed by atoms with Crippen LogP contribution >= 0.6 is 11.6 Å². The standard InChI is InChI=1S/C21H19ClN2O2S/c22-18-5-11-21(12-6-18)27(25,26)23-19-7-9-20(10-8-19)24-14-13-16-3-1-2-4-17(16)15-24/h1-12,23H,13-15H2. The Hall–Kier alpha value is -2.50. The van der Waals surface area contributed by atoms with E-state index in [1.807, 2.05) is 12.1 Å². The molecule has 1 aliphatic rings. The molecule has 3 aromatic carbocycles. The Morgan fingerprint density at radius 3 is 2.22 bits per heavy atom. The van der Waals surface area contributed by atoms with Crippen LogP contribution in [0.3, 0.4) is 0 Å². The number of sulfonamides is 1. The van der Waals surface area contributed by atoms with E-state index < -0.39 is 10.0 Å². The third kappa shape index (κ3) is 3.94. The molecule has 0 unspecified atom stereocenters. The summed E-state index contributed by atoms with van der Waals surface area (Å²) in [6, 6.07) is 22.1. The molecule has 0 bridgehead atoms. The second kappa shape index (κ2) is 7.25. The first-order valence-electron chi connectivity index (χ1n) is 8.71. The Kier molecular flexibility index (Phi) is 4.81. The zero-order valence-electron chi connectivity index (χ0n) is 14.6. The van der Waals surface area contributed by atoms with Crippen LogP contribution in [0, 0.1) is 0 Å². The van der Waals surface area contributed by atoms with E-state index >= 15 is 0 Å². The fraction of sp³-hybridized carbons (Fsp3) is 0.143. The van der Waals surface area contributed by atoms with Crippen LogP contribution in [0.1, 0.15) is 11.1 Å². The fourth-order valence-electron chi connectivity index (χ4n) is 3.28. The highest BCUT2D eigenvalue weighted by Crippen LogP contribution is 2.26. The molecule has 138 valence electrons. The summed E-state index contributed by atoms with van der Waals surface area (Å²) in [7, 11) is -3.63. The van der Waals surface area contributed by atoms with Crippen LogP contribution in [-0.4, -0.2) is 15.0 Å². The number of benzene rings is 3. The predicted molar refractivity (Wildman–Crippen MR) is 110 cm³/mol. The highest BCUT2D eigenvalue weighted by molar-refractivity contribution is 7.92. The Morgan fingerprint density at radius 1 is 0.852 bits per heavy atom. The van der Waals surface area contributed by atoms with Gasteiger partial charge in [0.1, 0.15) is 0 Å². The van der Waals surface area contributed by atoms with Crippen molar-refractivity contribution in [2.24, 2.45) is 0 Å². The molecule has 4 rings (SSSR count). The average Bonchev–Trinajstić information content (AvgIpc) is 2.68. The smallest absolute Gasteiger partial charge is 0.261 e. The van der Waals surface area contributed by atoms with E-state index in [-0.39, 0.29) is 4.90 Å². The van der Waals surface area contributed by atoms with Gasteiger partial charge in [-0.05, 0) is 66.1 Å². The largest absolute Gasteiger partial charge is 0.367 e. The average molecular weight is 399 g/mol. The van der Waals surface area contributed by atoms with Crippen LogP contribution < -0.4 is 9.62 Å². The number of hydrogen-bond donors (Lipinski definition) is 1. The van der Waals surface area contributed by atoms with Gasteiger partial charge in [0.25, 0.3) is 10.0 Å². The van der Waals surface area contributed by atoms with Gasteiger partial charge in [-0.1, -0.05) is 35.9 Å². The number of anilines is 2. The minimum atomic E-state index is -3.63. The minimum Gasteiger partial charge on any atom is -0.367 e. The van der Waals surface area contributed by atoms with E-state index in [4.69, 9.17) is 11.6 Å². The summed E-state index contributed by atoms with van der Waals surface area (Å²) < 4.78 is 27.6. The number of nitrogens with one attached hydrogen (secondary N) is 1. The van der Waals surface area contributed by atoms with Crippen LogP contribution in [0.15, 0.2) is 77.7 Å². The molecule has 0 aromatic heterocycles. The molecule has 0 radical (unpaired) electrons. The molecule has 0 amide bonds. The molecule has 0 fully saturated rings. The zero-order valence-corrected chi connectivity index (χ0v) is 16.2. The third-order valence-electron chi connectivity index (χ3n) is 4.74. The molecule has 0 atom stereocenters. The lowest BCUT2D eigenvalue weighted by Crippen LogP contribution is -2.30. The lowest BCUT2D eigenvalue weighted by atomic mass is 9.99. The molecule has 27 heavy (non-hydrogen) atoms. The Balaban J connectivity index is 1.49. The third-order valence-corrected chi connectivity index (χ3v) is 6.39. The number of rotatable bonds is 4. The number of fused-ring (bicyclic) bond motifs is 1. The summed E-state index contributed by atoms with van der Waals surface area (Å²) in [4.78, 5) is 2.49. The van der Waals surface area contributed by atoms with Gasteiger partial charge in [-0.3, -0.25) is 4.72 Å². The molecule has 0 saturated heterocycles. The SMILES string of the molecule is O=S(=O)(Nc1ccc(N2CCc3ccccc3C2)cc1)c1ccc(Cl)cc1. The van der Waals surface area contributed by atoms with Gasteiger partial charge in [0.05, 0.1) is 4.90 Å². The van der Waals surface area contributed by atoms with Gasteiger partial charge in [-0.15, -0.1) is 0 Å². The summed E-state index contributed by atoms with van der Waals surface area (Å²) in [5.74, 6) is 0. The van der Waals surface area contributed by atoms with Crippen LogP contribution in [0.4, 0.5) is 11.4 Å². The van der Waals surface area contributed by atoms with Gasteiger partial charge in [0, 0.05) is 29.5 Å². The molecule has 3 aromatic rings. The maximum atomic E-state index is 12.5. The van der Waals surface area contributed by atoms with E-state index in [0.717, 1.165) is 25.2 Å². The molecule has 1 heterocycles. The summed E-state index contributed by atoms with van der Waals surface area (Å²) in [6.45, 7) is 1.82. The van der Waals surface area contributed by atoms with E-state index in [1.165, 1.54) is 23.3 Å². The maximum Gasteiger partial charge on any atom is 0.261 e. The normalized spacial score (nSPS) is 13.9. The van der Waals surface area contributed by atoms with Crippen LogP contribution in [-0.2, 0) is 23.0 Å². The van der Waals surface area contributed by atoms with Gasteiger partial charge >= 0.3 is 0 Å². The molecule has 1 N–H and O–H groups in total.